The maximum atomic E-state index is 3.76. The maximum absolute atomic E-state index is 3.76. The summed E-state index contributed by atoms with van der Waals surface area (Å²) < 4.78 is 0. The van der Waals surface area contributed by atoms with E-state index in [4.69, 9.17) is 0 Å². The number of hydrogen-bond donors (Lipinski definition) is 1. The topological polar surface area (TPSA) is 15.3 Å². The standard InChI is InChI=1S/C18H36N2/c1-15(2)11-19-13-18(9-5-6-16(3)10-18)14-20(4)12-17-7-8-17/h15-17,19H,5-14H2,1-4H3. The molecule has 0 saturated heterocycles. The third-order valence-electron chi connectivity index (χ3n) is 5.11. The van der Waals surface area contributed by atoms with Crippen LogP contribution in [0.4, 0.5) is 0 Å². The van der Waals surface area contributed by atoms with E-state index in [9.17, 15) is 0 Å². The predicted octanol–water partition coefficient (Wildman–Crippen LogP) is 3.77. The molecule has 2 unspecified atom stereocenters. The first-order valence-electron chi connectivity index (χ1n) is 8.88. The van der Waals surface area contributed by atoms with E-state index in [1.807, 2.05) is 0 Å². The zero-order valence-electron chi connectivity index (χ0n) is 14.3. The molecule has 118 valence electrons. The SMILES string of the molecule is CC(C)CNCC1(CN(C)CC2CC2)CCCC(C)C1. The minimum absolute atomic E-state index is 0.538. The molecule has 2 heteroatoms. The Kier molecular flexibility index (Phi) is 5.92. The average molecular weight is 280 g/mol. The van der Waals surface area contributed by atoms with Crippen molar-refractivity contribution in [2.24, 2.45) is 23.2 Å². The van der Waals surface area contributed by atoms with Crippen molar-refractivity contribution in [1.82, 2.24) is 10.2 Å². The van der Waals surface area contributed by atoms with E-state index in [2.05, 4.69) is 38.0 Å². The number of hydrogen-bond acceptors (Lipinski definition) is 2. The van der Waals surface area contributed by atoms with Crippen molar-refractivity contribution in [1.29, 1.82) is 0 Å². The fourth-order valence-electron chi connectivity index (χ4n) is 4.13. The molecule has 0 radical (unpaired) electrons. The molecule has 0 aromatic carbocycles. The van der Waals surface area contributed by atoms with E-state index in [1.165, 1.54) is 64.7 Å². The van der Waals surface area contributed by atoms with Crippen LogP contribution < -0.4 is 5.32 Å². The smallest absolute Gasteiger partial charge is 0.00473 e. The Hall–Kier alpha value is -0.0800. The normalized spacial score (nSPS) is 31.2. The molecule has 0 aromatic heterocycles. The summed E-state index contributed by atoms with van der Waals surface area (Å²) in [5, 5.41) is 3.76. The molecular formula is C18H36N2. The van der Waals surface area contributed by atoms with Gasteiger partial charge in [-0.25, -0.2) is 0 Å². The van der Waals surface area contributed by atoms with Gasteiger partial charge in [-0.1, -0.05) is 33.6 Å². The van der Waals surface area contributed by atoms with Gasteiger partial charge in [-0.3, -0.25) is 0 Å². The predicted molar refractivity (Wildman–Crippen MR) is 88.0 cm³/mol. The van der Waals surface area contributed by atoms with Crippen LogP contribution in [0.25, 0.3) is 0 Å². The second kappa shape index (κ2) is 7.26. The Morgan fingerprint density at radius 3 is 2.60 bits per heavy atom. The van der Waals surface area contributed by atoms with Gasteiger partial charge in [0.2, 0.25) is 0 Å². The zero-order valence-corrected chi connectivity index (χ0v) is 14.3. The first kappa shape index (κ1) is 16.3. The van der Waals surface area contributed by atoms with Gasteiger partial charge in [-0.2, -0.15) is 0 Å². The Morgan fingerprint density at radius 1 is 1.25 bits per heavy atom. The highest BCUT2D eigenvalue weighted by Gasteiger charge is 2.36. The van der Waals surface area contributed by atoms with Crippen molar-refractivity contribution in [2.45, 2.75) is 59.3 Å². The third-order valence-corrected chi connectivity index (χ3v) is 5.11. The summed E-state index contributed by atoms with van der Waals surface area (Å²) in [5.74, 6) is 2.69. The van der Waals surface area contributed by atoms with Crippen LogP contribution in [-0.4, -0.2) is 38.1 Å². The minimum Gasteiger partial charge on any atom is -0.316 e. The molecule has 2 fully saturated rings. The van der Waals surface area contributed by atoms with Crippen LogP contribution in [0.15, 0.2) is 0 Å². The summed E-state index contributed by atoms with van der Waals surface area (Å²) in [7, 11) is 2.35. The zero-order chi connectivity index (χ0) is 14.6. The van der Waals surface area contributed by atoms with Crippen LogP contribution in [0.1, 0.15) is 59.3 Å². The Labute approximate surface area is 126 Å². The summed E-state index contributed by atoms with van der Waals surface area (Å²) in [6.07, 6.45) is 8.67. The largest absolute Gasteiger partial charge is 0.316 e. The quantitative estimate of drug-likeness (QED) is 0.728. The van der Waals surface area contributed by atoms with E-state index in [0.29, 0.717) is 5.41 Å². The molecule has 1 N–H and O–H groups in total. The van der Waals surface area contributed by atoms with Gasteiger partial charge in [0.1, 0.15) is 0 Å². The highest BCUT2D eigenvalue weighted by molar-refractivity contribution is 4.90. The monoisotopic (exact) mass is 280 g/mol. The van der Waals surface area contributed by atoms with Crippen LogP contribution in [0.2, 0.25) is 0 Å². The van der Waals surface area contributed by atoms with E-state index in [1.54, 1.807) is 0 Å². The van der Waals surface area contributed by atoms with Gasteiger partial charge in [0.25, 0.3) is 0 Å². The third kappa shape index (κ3) is 5.37. The van der Waals surface area contributed by atoms with Crippen molar-refractivity contribution < 1.29 is 0 Å². The molecule has 2 nitrogen and oxygen atoms in total. The molecule has 0 spiro atoms. The van der Waals surface area contributed by atoms with Crippen molar-refractivity contribution in [2.75, 3.05) is 33.2 Å². The lowest BCUT2D eigenvalue weighted by Gasteiger charge is -2.43. The summed E-state index contributed by atoms with van der Waals surface area (Å²) in [6, 6.07) is 0. The van der Waals surface area contributed by atoms with Crippen molar-refractivity contribution in [3.05, 3.63) is 0 Å². The second-order valence-corrected chi connectivity index (χ2v) is 8.37. The first-order chi connectivity index (χ1) is 9.49. The number of nitrogens with zero attached hydrogens (tertiary/aromatic N) is 1. The lowest BCUT2D eigenvalue weighted by Crippen LogP contribution is -2.46. The maximum Gasteiger partial charge on any atom is 0.00473 e. The van der Waals surface area contributed by atoms with Crippen LogP contribution >= 0.6 is 0 Å². The summed E-state index contributed by atoms with van der Waals surface area (Å²) in [4.78, 5) is 2.63. The van der Waals surface area contributed by atoms with E-state index >= 15 is 0 Å². The molecule has 0 aromatic rings. The van der Waals surface area contributed by atoms with Gasteiger partial charge in [0.15, 0.2) is 0 Å². The molecule has 2 saturated carbocycles. The molecule has 20 heavy (non-hydrogen) atoms. The van der Waals surface area contributed by atoms with Crippen molar-refractivity contribution in [3.8, 4) is 0 Å². The fraction of sp³-hybridized carbons (Fsp3) is 1.00. The van der Waals surface area contributed by atoms with Crippen LogP contribution in [0.3, 0.4) is 0 Å². The molecule has 2 atom stereocenters. The summed E-state index contributed by atoms with van der Waals surface area (Å²) in [6.45, 7) is 12.1. The number of nitrogens with one attached hydrogen (secondary N) is 1. The Morgan fingerprint density at radius 2 is 2.00 bits per heavy atom. The minimum atomic E-state index is 0.538. The van der Waals surface area contributed by atoms with Gasteiger partial charge in [0.05, 0.1) is 0 Å². The van der Waals surface area contributed by atoms with Crippen molar-refractivity contribution >= 4 is 0 Å². The van der Waals surface area contributed by atoms with Gasteiger partial charge in [0, 0.05) is 19.6 Å². The average Bonchev–Trinajstić information content (AvgIpc) is 3.11. The van der Waals surface area contributed by atoms with Gasteiger partial charge >= 0.3 is 0 Å². The highest BCUT2D eigenvalue weighted by atomic mass is 15.1. The van der Waals surface area contributed by atoms with Gasteiger partial charge in [-0.05, 0) is 62.4 Å². The van der Waals surface area contributed by atoms with Gasteiger partial charge < -0.3 is 10.2 Å². The van der Waals surface area contributed by atoms with Crippen LogP contribution in [0, 0.1) is 23.2 Å². The van der Waals surface area contributed by atoms with Crippen LogP contribution in [0.5, 0.6) is 0 Å². The van der Waals surface area contributed by atoms with E-state index < -0.39 is 0 Å². The molecule has 0 bridgehead atoms. The lowest BCUT2D eigenvalue weighted by molar-refractivity contribution is 0.0892. The molecule has 2 aliphatic carbocycles. The Bertz CT molecular complexity index is 285. The molecule has 0 amide bonds. The summed E-state index contributed by atoms with van der Waals surface area (Å²) in [5.41, 5.74) is 0.538. The van der Waals surface area contributed by atoms with Crippen LogP contribution in [-0.2, 0) is 0 Å². The van der Waals surface area contributed by atoms with E-state index in [0.717, 1.165) is 17.8 Å². The Balaban J connectivity index is 1.87. The highest BCUT2D eigenvalue weighted by Crippen LogP contribution is 2.40. The molecular weight excluding hydrogens is 244 g/mol. The van der Waals surface area contributed by atoms with Gasteiger partial charge in [-0.15, -0.1) is 0 Å². The second-order valence-electron chi connectivity index (χ2n) is 8.37. The fourth-order valence-corrected chi connectivity index (χ4v) is 4.13. The van der Waals surface area contributed by atoms with E-state index in [-0.39, 0.29) is 0 Å². The summed E-state index contributed by atoms with van der Waals surface area (Å²) >= 11 is 0. The first-order valence-corrected chi connectivity index (χ1v) is 8.88. The lowest BCUT2D eigenvalue weighted by atomic mass is 9.69. The molecule has 0 aliphatic heterocycles. The molecule has 0 heterocycles. The van der Waals surface area contributed by atoms with Crippen molar-refractivity contribution in [3.63, 3.8) is 0 Å². The number of rotatable bonds is 8. The molecule has 2 aliphatic rings. The molecule has 2 rings (SSSR count).